The Morgan fingerprint density at radius 1 is 1.19 bits per heavy atom. The Balaban J connectivity index is 1.82. The summed E-state index contributed by atoms with van der Waals surface area (Å²) in [5.41, 5.74) is 2.67. The molecule has 21 heavy (non-hydrogen) atoms. The fraction of sp³-hybridized carbons (Fsp3) is 0.188. The molecule has 1 aliphatic heterocycles. The number of benzene rings is 1. The van der Waals surface area contributed by atoms with Crippen LogP contribution in [0.3, 0.4) is 0 Å². The van der Waals surface area contributed by atoms with Crippen LogP contribution in [-0.4, -0.2) is 16.9 Å². The van der Waals surface area contributed by atoms with Crippen molar-refractivity contribution in [1.82, 2.24) is 4.98 Å². The number of carbonyl (C=O) groups excluding carboxylic acids is 1. The maximum Gasteiger partial charge on any atom is 0.363 e. The number of oxazole rings is 1. The number of cyclic esters (lactones) is 1. The van der Waals surface area contributed by atoms with Crippen LogP contribution in [-0.2, 0) is 16.0 Å². The standard InChI is InChI=1S/C16H14N2O3/c1-10(2)14-16(19)21-15(18-14)12-9-20-13(17-12)8-11-6-4-3-5-7-11/h3-7,9H,8H2,1-2H3. The van der Waals surface area contributed by atoms with Crippen LogP contribution in [0.15, 0.2) is 57.3 Å². The third kappa shape index (κ3) is 2.76. The average Bonchev–Trinajstić information content (AvgIpc) is 3.06. The highest BCUT2D eigenvalue weighted by Crippen LogP contribution is 2.19. The molecule has 0 unspecified atom stereocenters. The molecular weight excluding hydrogens is 268 g/mol. The predicted molar refractivity (Wildman–Crippen MR) is 76.8 cm³/mol. The summed E-state index contributed by atoms with van der Waals surface area (Å²) in [4.78, 5) is 20.1. The molecule has 1 aliphatic rings. The van der Waals surface area contributed by atoms with Gasteiger partial charge < -0.3 is 9.15 Å². The Labute approximate surface area is 122 Å². The van der Waals surface area contributed by atoms with E-state index >= 15 is 0 Å². The van der Waals surface area contributed by atoms with E-state index in [9.17, 15) is 4.79 Å². The van der Waals surface area contributed by atoms with Crippen LogP contribution in [0, 0.1) is 0 Å². The summed E-state index contributed by atoms with van der Waals surface area (Å²) in [6.45, 7) is 3.62. The molecule has 5 heteroatoms. The molecule has 0 spiro atoms. The van der Waals surface area contributed by atoms with Crippen LogP contribution >= 0.6 is 0 Å². The van der Waals surface area contributed by atoms with Crippen molar-refractivity contribution < 1.29 is 13.9 Å². The summed E-state index contributed by atoms with van der Waals surface area (Å²) in [6.07, 6.45) is 2.04. The minimum absolute atomic E-state index is 0.194. The van der Waals surface area contributed by atoms with E-state index in [1.807, 2.05) is 44.2 Å². The van der Waals surface area contributed by atoms with Crippen molar-refractivity contribution in [3.63, 3.8) is 0 Å². The minimum atomic E-state index is -0.447. The number of aromatic nitrogens is 1. The molecule has 0 atom stereocenters. The van der Waals surface area contributed by atoms with Crippen LogP contribution in [0.25, 0.3) is 0 Å². The summed E-state index contributed by atoms with van der Waals surface area (Å²) < 4.78 is 10.5. The second-order valence-corrected chi connectivity index (χ2v) is 4.94. The number of hydrogen-bond donors (Lipinski definition) is 0. The molecule has 1 aromatic carbocycles. The van der Waals surface area contributed by atoms with Gasteiger partial charge in [0.05, 0.1) is 0 Å². The molecule has 106 valence electrons. The summed E-state index contributed by atoms with van der Waals surface area (Å²) in [6, 6.07) is 9.88. The van der Waals surface area contributed by atoms with Crippen molar-refractivity contribution in [2.24, 2.45) is 4.99 Å². The number of esters is 1. The quantitative estimate of drug-likeness (QED) is 0.641. The smallest absolute Gasteiger partial charge is 0.363 e. The summed E-state index contributed by atoms with van der Waals surface area (Å²) in [5, 5.41) is 0. The number of allylic oxidation sites excluding steroid dienone is 1. The van der Waals surface area contributed by atoms with E-state index in [0.29, 0.717) is 23.7 Å². The lowest BCUT2D eigenvalue weighted by molar-refractivity contribution is -0.130. The van der Waals surface area contributed by atoms with Crippen molar-refractivity contribution in [3.8, 4) is 0 Å². The van der Waals surface area contributed by atoms with Gasteiger partial charge in [-0.25, -0.2) is 14.8 Å². The highest BCUT2D eigenvalue weighted by atomic mass is 16.6. The highest BCUT2D eigenvalue weighted by molar-refractivity contribution is 6.10. The molecule has 0 saturated carbocycles. The first-order valence-electron chi connectivity index (χ1n) is 6.60. The molecule has 2 aromatic rings. The van der Waals surface area contributed by atoms with Crippen LogP contribution in [0.4, 0.5) is 0 Å². The van der Waals surface area contributed by atoms with Gasteiger partial charge in [-0.3, -0.25) is 0 Å². The van der Waals surface area contributed by atoms with Gasteiger partial charge in [0.25, 0.3) is 5.90 Å². The Hall–Kier alpha value is -2.69. The number of hydrogen-bond acceptors (Lipinski definition) is 5. The maximum absolute atomic E-state index is 11.6. The van der Waals surface area contributed by atoms with Gasteiger partial charge in [-0.15, -0.1) is 0 Å². The Morgan fingerprint density at radius 3 is 2.62 bits per heavy atom. The topological polar surface area (TPSA) is 64.7 Å². The molecule has 0 amide bonds. The lowest BCUT2D eigenvalue weighted by atomic mass is 10.1. The third-order valence-corrected chi connectivity index (χ3v) is 3.04. The molecule has 1 aromatic heterocycles. The number of carbonyl (C=O) groups is 1. The average molecular weight is 282 g/mol. The molecule has 2 heterocycles. The van der Waals surface area contributed by atoms with Gasteiger partial charge in [-0.2, -0.15) is 0 Å². The van der Waals surface area contributed by atoms with Gasteiger partial charge in [0.15, 0.2) is 17.3 Å². The van der Waals surface area contributed by atoms with Gasteiger partial charge in [0.1, 0.15) is 6.26 Å². The van der Waals surface area contributed by atoms with Gasteiger partial charge in [0.2, 0.25) is 0 Å². The van der Waals surface area contributed by atoms with Crippen LogP contribution in [0.1, 0.15) is 31.0 Å². The first kappa shape index (κ1) is 13.3. The van der Waals surface area contributed by atoms with E-state index in [0.717, 1.165) is 11.1 Å². The van der Waals surface area contributed by atoms with Gasteiger partial charge >= 0.3 is 5.97 Å². The number of rotatable bonds is 3. The van der Waals surface area contributed by atoms with Gasteiger partial charge in [0, 0.05) is 6.42 Å². The van der Waals surface area contributed by atoms with Crippen LogP contribution in [0.2, 0.25) is 0 Å². The Kier molecular flexibility index (Phi) is 3.39. The molecule has 0 radical (unpaired) electrons. The summed E-state index contributed by atoms with van der Waals surface area (Å²) >= 11 is 0. The van der Waals surface area contributed by atoms with Gasteiger partial charge in [-0.05, 0) is 25.0 Å². The van der Waals surface area contributed by atoms with Crippen molar-refractivity contribution in [2.45, 2.75) is 20.3 Å². The zero-order valence-electron chi connectivity index (χ0n) is 11.8. The van der Waals surface area contributed by atoms with Crippen molar-refractivity contribution in [3.05, 3.63) is 65.0 Å². The van der Waals surface area contributed by atoms with E-state index in [1.54, 1.807) is 0 Å². The molecule has 0 bridgehead atoms. The summed E-state index contributed by atoms with van der Waals surface area (Å²) in [7, 11) is 0. The molecule has 0 fully saturated rings. The van der Waals surface area contributed by atoms with Crippen LogP contribution < -0.4 is 0 Å². The van der Waals surface area contributed by atoms with E-state index in [2.05, 4.69) is 9.98 Å². The molecule has 0 N–H and O–H groups in total. The number of ether oxygens (including phenoxy) is 1. The number of nitrogens with zero attached hydrogens (tertiary/aromatic N) is 2. The predicted octanol–water partition coefficient (Wildman–Crippen LogP) is 2.86. The second kappa shape index (κ2) is 5.36. The molecular formula is C16H14N2O3. The zero-order valence-corrected chi connectivity index (χ0v) is 11.8. The SMILES string of the molecule is CC(C)=C1N=C(c2coc(Cc3ccccc3)n2)OC1=O. The Morgan fingerprint density at radius 2 is 1.95 bits per heavy atom. The maximum atomic E-state index is 11.6. The largest absolute Gasteiger partial charge is 0.448 e. The minimum Gasteiger partial charge on any atom is -0.448 e. The van der Waals surface area contributed by atoms with Crippen molar-refractivity contribution in [1.29, 1.82) is 0 Å². The van der Waals surface area contributed by atoms with E-state index in [-0.39, 0.29) is 5.90 Å². The lowest BCUT2D eigenvalue weighted by Gasteiger charge is -1.95. The normalized spacial score (nSPS) is 14.1. The van der Waals surface area contributed by atoms with Crippen LogP contribution in [0.5, 0.6) is 0 Å². The fourth-order valence-electron chi connectivity index (χ4n) is 1.99. The van der Waals surface area contributed by atoms with E-state index in [1.165, 1.54) is 6.26 Å². The van der Waals surface area contributed by atoms with E-state index < -0.39 is 5.97 Å². The zero-order chi connectivity index (χ0) is 14.8. The third-order valence-electron chi connectivity index (χ3n) is 3.04. The molecule has 0 saturated heterocycles. The first-order valence-corrected chi connectivity index (χ1v) is 6.60. The highest BCUT2D eigenvalue weighted by Gasteiger charge is 2.27. The van der Waals surface area contributed by atoms with E-state index in [4.69, 9.17) is 9.15 Å². The lowest BCUT2D eigenvalue weighted by Crippen LogP contribution is -2.06. The Bertz CT molecular complexity index is 738. The second-order valence-electron chi connectivity index (χ2n) is 4.94. The van der Waals surface area contributed by atoms with Crippen molar-refractivity contribution >= 4 is 11.9 Å². The fourth-order valence-corrected chi connectivity index (χ4v) is 1.99. The molecule has 5 nitrogen and oxygen atoms in total. The van der Waals surface area contributed by atoms with Crippen molar-refractivity contribution in [2.75, 3.05) is 0 Å². The monoisotopic (exact) mass is 282 g/mol. The molecule has 3 rings (SSSR count). The molecule has 0 aliphatic carbocycles. The first-order chi connectivity index (χ1) is 10.1. The van der Waals surface area contributed by atoms with Gasteiger partial charge in [-0.1, -0.05) is 30.3 Å². The number of aliphatic imine (C=N–C) groups is 1. The summed E-state index contributed by atoms with van der Waals surface area (Å²) in [5.74, 6) is 0.303.